The van der Waals surface area contributed by atoms with Crippen LogP contribution in [-0.2, 0) is 0 Å². The second kappa shape index (κ2) is 17.2. The molecule has 0 amide bonds. The van der Waals surface area contributed by atoms with Crippen LogP contribution < -0.4 is 21.9 Å². The summed E-state index contributed by atoms with van der Waals surface area (Å²) in [4.78, 5) is 4.53. The third-order valence-corrected chi connectivity index (χ3v) is 9.89. The van der Waals surface area contributed by atoms with E-state index >= 15 is 35.1 Å². The molecule has 4 aromatic rings. The van der Waals surface area contributed by atoms with E-state index < -0.39 is 144 Å². The first-order chi connectivity index (χ1) is 26.2. The minimum atomic E-state index is -7.22. The fraction of sp³-hybridized carbons (Fsp3) is 0.242. The van der Waals surface area contributed by atoms with Gasteiger partial charge in [0.1, 0.15) is 52.7 Å². The minimum absolute atomic E-state index is 0.352. The molecule has 0 unspecified atom stereocenters. The highest BCUT2D eigenvalue weighted by molar-refractivity contribution is 7.20. The number of halogens is 20. The number of hydrogen-bond donors (Lipinski definition) is 0. The molecule has 0 fully saturated rings. The molecule has 0 atom stereocenters. The Morgan fingerprint density at radius 1 is 0.386 bits per heavy atom. The van der Waals surface area contributed by atoms with Gasteiger partial charge in [-0.3, -0.25) is 4.99 Å². The van der Waals surface area contributed by atoms with Gasteiger partial charge in [0.2, 0.25) is 0 Å². The van der Waals surface area contributed by atoms with E-state index in [9.17, 15) is 52.7 Å². The Labute approximate surface area is 314 Å². The van der Waals surface area contributed by atoms with Gasteiger partial charge in [-0.25, -0.2) is 87.8 Å². The van der Waals surface area contributed by atoms with Gasteiger partial charge in [-0.15, -0.1) is 21.9 Å². The van der Waals surface area contributed by atoms with Crippen molar-refractivity contribution in [2.24, 2.45) is 4.99 Å². The highest BCUT2D eigenvalue weighted by atomic mass is 27.1. The van der Waals surface area contributed by atoms with Crippen molar-refractivity contribution in [3.63, 3.8) is 0 Å². The van der Waals surface area contributed by atoms with Gasteiger partial charge in [-0.1, -0.05) is 5.79 Å². The lowest BCUT2D eigenvalue weighted by Gasteiger charge is -2.44. The Balaban J connectivity index is 0.000000626. The summed E-state index contributed by atoms with van der Waals surface area (Å²) >= 11 is 0.352. The van der Waals surface area contributed by atoms with Crippen LogP contribution in [-0.4, -0.2) is 43.4 Å². The second-order valence-electron chi connectivity index (χ2n) is 12.3. The van der Waals surface area contributed by atoms with Crippen molar-refractivity contribution < 1.29 is 87.8 Å². The van der Waals surface area contributed by atoms with Crippen LogP contribution in [0.15, 0.2) is 4.99 Å². The Kier molecular flexibility index (Phi) is 14.1. The standard InChI is InChI=1S/C24BF20.C8H17N2.CH3.Al/c26-5-1(6(27)14(35)21(42)13(5)34)25(2-7(28)15(36)22(43)16(37)8(2)29,3-9(30)17(38)23(44)18(39)10(3)31)4-11(32)19(40)24(45)20(41)12(4)33;1-6(2)9-8(5)10-7(3)4;;/h;6-7H,1-5H3;1H3;/q2*-1;;+1. The van der Waals surface area contributed by atoms with E-state index in [-0.39, 0.29) is 0 Å². The molecule has 0 aliphatic carbocycles. The van der Waals surface area contributed by atoms with E-state index in [4.69, 9.17) is 0 Å². The Hall–Kier alpha value is -4.45. The van der Waals surface area contributed by atoms with Gasteiger partial charge < -0.3 is 3.88 Å². The molecule has 309 valence electrons. The highest BCUT2D eigenvalue weighted by Crippen LogP contribution is 2.30. The predicted octanol–water partition coefficient (Wildman–Crippen LogP) is 8.04. The van der Waals surface area contributed by atoms with Crippen LogP contribution in [0.25, 0.3) is 0 Å². The van der Waals surface area contributed by atoms with Crippen LogP contribution in [0.4, 0.5) is 87.8 Å². The van der Waals surface area contributed by atoms with E-state index in [0.29, 0.717) is 27.5 Å². The van der Waals surface area contributed by atoms with Crippen molar-refractivity contribution in [1.82, 2.24) is 3.88 Å². The van der Waals surface area contributed by atoms with Crippen molar-refractivity contribution in [2.45, 2.75) is 52.5 Å². The SMILES string of the molecule is Fc1c(F)c(F)c([B-](c2c(F)c(F)c(F)c(F)c2F)(c2c(F)c(F)c(F)c(F)c2F)c2c(F)c(F)c(F)c(F)c2F)c(F)c1F.[CH3][Al][N](C(C)=NC(C)C)C(C)C. The smallest absolute Gasteiger partial charge is 0.368 e. The second-order valence-corrected chi connectivity index (χ2v) is 13.4. The predicted molar refractivity (Wildman–Crippen MR) is 166 cm³/mol. The van der Waals surface area contributed by atoms with E-state index in [1.807, 2.05) is 0 Å². The summed E-state index contributed by atoms with van der Waals surface area (Å²) in [5.41, 5.74) is -14.3. The molecule has 57 heavy (non-hydrogen) atoms. The van der Waals surface area contributed by atoms with Crippen molar-refractivity contribution in [3.8, 4) is 0 Å². The largest absolute Gasteiger partial charge is 0.457 e. The van der Waals surface area contributed by atoms with Crippen molar-refractivity contribution in [2.75, 3.05) is 0 Å². The molecule has 1 radical (unpaired) electrons. The topological polar surface area (TPSA) is 15.6 Å². The average Bonchev–Trinajstić information content (AvgIpc) is 3.14. The van der Waals surface area contributed by atoms with Gasteiger partial charge in [-0.2, -0.15) is 0 Å². The monoisotopic (exact) mass is 862 g/mol. The zero-order valence-electron chi connectivity index (χ0n) is 29.3. The number of aliphatic imine (C=N–C) groups is 1. The van der Waals surface area contributed by atoms with E-state index in [0.717, 1.165) is 0 Å². The van der Waals surface area contributed by atoms with E-state index in [2.05, 4.69) is 49.3 Å². The van der Waals surface area contributed by atoms with Crippen molar-refractivity contribution in [3.05, 3.63) is 116 Å². The third-order valence-electron chi connectivity index (χ3n) is 8.36. The maximum absolute atomic E-state index is 15.4. The number of rotatable bonds is 7. The molecule has 24 heteroatoms. The molecule has 0 heterocycles. The van der Waals surface area contributed by atoms with Gasteiger partial charge in [0.05, 0.1) is 5.84 Å². The first-order valence-electron chi connectivity index (χ1n) is 15.5. The molecule has 4 rings (SSSR count). The fourth-order valence-electron chi connectivity index (χ4n) is 6.17. The van der Waals surface area contributed by atoms with Gasteiger partial charge in [0, 0.05) is 12.1 Å². The van der Waals surface area contributed by atoms with E-state index in [1.165, 1.54) is 5.84 Å². The lowest BCUT2D eigenvalue weighted by atomic mass is 9.12. The number of amidine groups is 1. The zero-order chi connectivity index (χ0) is 44.1. The van der Waals surface area contributed by atoms with Crippen LogP contribution in [0.5, 0.6) is 0 Å². The Bertz CT molecular complexity index is 1900. The lowest BCUT2D eigenvalue weighted by molar-refractivity contribution is 0.378. The summed E-state index contributed by atoms with van der Waals surface area (Å²) in [6.45, 7) is 10.8. The molecule has 0 bridgehead atoms. The highest BCUT2D eigenvalue weighted by Gasteiger charge is 2.52. The third kappa shape index (κ3) is 7.54. The molecular formula is C33H20AlBF20N2-. The number of benzene rings is 4. The fourth-order valence-corrected chi connectivity index (χ4v) is 7.21. The van der Waals surface area contributed by atoms with Crippen LogP contribution >= 0.6 is 0 Å². The van der Waals surface area contributed by atoms with E-state index in [1.54, 1.807) is 0 Å². The summed E-state index contributed by atoms with van der Waals surface area (Å²) in [6, 6.07) is 1.00. The molecule has 0 aliphatic heterocycles. The molecule has 0 aliphatic rings. The quantitative estimate of drug-likeness (QED) is 0.0459. The average molecular weight is 862 g/mol. The zero-order valence-corrected chi connectivity index (χ0v) is 30.4. The summed E-state index contributed by atoms with van der Waals surface area (Å²) in [5.74, 6) is -68.0. The summed E-state index contributed by atoms with van der Waals surface area (Å²) < 4.78 is 296. The molecule has 0 saturated carbocycles. The maximum Gasteiger partial charge on any atom is 0.368 e. The summed E-state index contributed by atoms with van der Waals surface area (Å²) in [7, 11) is 0. The van der Waals surface area contributed by atoms with Crippen molar-refractivity contribution in [1.29, 1.82) is 0 Å². The Morgan fingerprint density at radius 2 is 0.561 bits per heavy atom. The van der Waals surface area contributed by atoms with Gasteiger partial charge in [0.15, 0.2) is 69.8 Å². The summed E-state index contributed by atoms with van der Waals surface area (Å²) in [6.07, 6.45) is -7.22. The number of nitrogens with zero attached hydrogens (tertiary/aromatic N) is 2. The van der Waals surface area contributed by atoms with Gasteiger partial charge >= 0.3 is 15.4 Å². The lowest BCUT2D eigenvalue weighted by Crippen LogP contribution is -2.81. The normalized spacial score (nSPS) is 12.1. The molecular weight excluding hydrogens is 842 g/mol. The molecule has 0 saturated heterocycles. The first-order valence-corrected chi connectivity index (χ1v) is 17.2. The maximum atomic E-state index is 15.4. The van der Waals surface area contributed by atoms with Crippen molar-refractivity contribution >= 4 is 49.3 Å². The van der Waals surface area contributed by atoms with Crippen LogP contribution in [0.1, 0.15) is 34.6 Å². The molecule has 0 N–H and O–H groups in total. The van der Waals surface area contributed by atoms with Gasteiger partial charge in [0.25, 0.3) is 0 Å². The van der Waals surface area contributed by atoms with Gasteiger partial charge in [-0.05, 0) is 34.6 Å². The van der Waals surface area contributed by atoms with Crippen LogP contribution in [0, 0.1) is 116 Å². The minimum Gasteiger partial charge on any atom is -0.457 e. The molecule has 0 aromatic heterocycles. The van der Waals surface area contributed by atoms with Crippen LogP contribution in [0.3, 0.4) is 0 Å². The Morgan fingerprint density at radius 3 is 0.702 bits per heavy atom. The first kappa shape index (κ1) is 46.9. The molecule has 2 nitrogen and oxygen atoms in total. The summed E-state index contributed by atoms with van der Waals surface area (Å²) in [5, 5.41) is 0. The molecule has 4 aromatic carbocycles. The molecule has 0 spiro atoms. The van der Waals surface area contributed by atoms with Crippen LogP contribution in [0.2, 0.25) is 5.79 Å². The number of hydrogen-bond acceptors (Lipinski definition) is 1.